The van der Waals surface area contributed by atoms with Gasteiger partial charge in [-0.05, 0) is 39.7 Å². The molecule has 0 saturated carbocycles. The average molecular weight is 595 g/mol. The van der Waals surface area contributed by atoms with E-state index in [1.807, 2.05) is 0 Å². The molecule has 0 bridgehead atoms. The van der Waals surface area contributed by atoms with Crippen LogP contribution in [-0.2, 0) is 47.5 Å². The maximum absolute atomic E-state index is 11.8. The van der Waals surface area contributed by atoms with Crippen molar-refractivity contribution in [3.8, 4) is 0 Å². The summed E-state index contributed by atoms with van der Waals surface area (Å²) >= 11 is 0. The second-order valence-corrected chi connectivity index (χ2v) is 9.30. The van der Waals surface area contributed by atoms with Crippen LogP contribution in [0.4, 0.5) is 0 Å². The van der Waals surface area contributed by atoms with Gasteiger partial charge in [0.2, 0.25) is 5.91 Å². The molecule has 0 radical (unpaired) electrons. The minimum atomic E-state index is -0.0995. The topological polar surface area (TPSA) is 132 Å². The first kappa shape index (κ1) is 39.8. The summed E-state index contributed by atoms with van der Waals surface area (Å²) in [5.74, 6) is 0.110. The van der Waals surface area contributed by atoms with Crippen LogP contribution in [0.2, 0.25) is 0 Å². The fourth-order valence-corrected chi connectivity index (χ4v) is 3.39. The van der Waals surface area contributed by atoms with E-state index in [1.165, 1.54) is 0 Å². The number of nitrogens with one attached hydrogen (secondary N) is 2. The molecule has 0 aromatic rings. The molecule has 2 N–H and O–H groups in total. The highest BCUT2D eigenvalue weighted by molar-refractivity contribution is 5.81. The molecule has 0 spiro atoms. The van der Waals surface area contributed by atoms with E-state index < -0.39 is 0 Å². The highest BCUT2D eigenvalue weighted by Gasteiger charge is 2.10. The van der Waals surface area contributed by atoms with E-state index >= 15 is 0 Å². The summed E-state index contributed by atoms with van der Waals surface area (Å²) in [7, 11) is 1.79. The first-order valence-electron chi connectivity index (χ1n) is 15.2. The number of hydrogen-bond acceptors (Lipinski definition) is 11. The number of ketones is 1. The van der Waals surface area contributed by atoms with E-state index in [0.717, 1.165) is 38.7 Å². The van der Waals surface area contributed by atoms with Gasteiger partial charge in [-0.25, -0.2) is 0 Å². The van der Waals surface area contributed by atoms with Crippen molar-refractivity contribution in [1.82, 2.24) is 10.6 Å². The molecular weight excluding hydrogens is 536 g/mol. The van der Waals surface area contributed by atoms with Crippen LogP contribution in [0.5, 0.6) is 0 Å². The zero-order valence-corrected chi connectivity index (χ0v) is 25.9. The van der Waals surface area contributed by atoms with Gasteiger partial charge in [-0.1, -0.05) is 13.3 Å². The number of carbonyl (C=O) groups excluding carboxylic acids is 2. The van der Waals surface area contributed by atoms with E-state index in [9.17, 15) is 9.59 Å². The lowest BCUT2D eigenvalue weighted by Crippen LogP contribution is -2.32. The quantitative estimate of drug-likeness (QED) is 0.106. The van der Waals surface area contributed by atoms with Crippen molar-refractivity contribution in [2.24, 2.45) is 0 Å². The van der Waals surface area contributed by atoms with Crippen molar-refractivity contribution in [1.29, 1.82) is 0 Å². The smallest absolute Gasteiger partial charge is 0.222 e. The van der Waals surface area contributed by atoms with Crippen LogP contribution >= 0.6 is 0 Å². The summed E-state index contributed by atoms with van der Waals surface area (Å²) < 4.78 is 43.5. The zero-order chi connectivity index (χ0) is 30.1. The number of Topliss-reactive ketones (excluding diaryl/α,β-unsaturated/α-hetero) is 1. The minimum absolute atomic E-state index is 0.0322. The van der Waals surface area contributed by atoms with Crippen molar-refractivity contribution >= 4 is 11.7 Å². The summed E-state index contributed by atoms with van der Waals surface area (Å²) in [5.41, 5.74) is 0. The number of ether oxygens (including phenoxy) is 8. The lowest BCUT2D eigenvalue weighted by Gasteiger charge is -2.12. The Labute approximate surface area is 247 Å². The highest BCUT2D eigenvalue weighted by atomic mass is 16.6. The number of amides is 1. The molecule has 0 rings (SSSR count). The molecule has 0 heterocycles. The van der Waals surface area contributed by atoms with Crippen LogP contribution in [0, 0.1) is 0 Å². The van der Waals surface area contributed by atoms with Crippen molar-refractivity contribution in [3.05, 3.63) is 0 Å². The van der Waals surface area contributed by atoms with Gasteiger partial charge in [0.1, 0.15) is 5.78 Å². The van der Waals surface area contributed by atoms with Crippen LogP contribution in [0.25, 0.3) is 0 Å². The molecule has 12 nitrogen and oxygen atoms in total. The Balaban J connectivity index is 3.17. The Bertz CT molecular complexity index is 572. The highest BCUT2D eigenvalue weighted by Crippen LogP contribution is 2.01. The van der Waals surface area contributed by atoms with Crippen LogP contribution in [-0.4, -0.2) is 137 Å². The van der Waals surface area contributed by atoms with Gasteiger partial charge in [0.15, 0.2) is 0 Å². The van der Waals surface area contributed by atoms with Crippen LogP contribution in [0.1, 0.15) is 52.4 Å². The number of carbonyl (C=O) groups is 2. The summed E-state index contributed by atoms with van der Waals surface area (Å²) in [5, 5.41) is 5.87. The maximum atomic E-state index is 11.8. The first-order chi connectivity index (χ1) is 20.1. The minimum Gasteiger partial charge on any atom is -0.379 e. The predicted molar refractivity (Wildman–Crippen MR) is 156 cm³/mol. The number of likely N-dealkylation sites (N-methyl/N-ethyl adjacent to an activating group) is 1. The Morgan fingerprint density at radius 2 is 0.951 bits per heavy atom. The van der Waals surface area contributed by atoms with Crippen molar-refractivity contribution < 1.29 is 47.5 Å². The molecule has 0 saturated heterocycles. The molecule has 0 fully saturated rings. The molecule has 0 aromatic carbocycles. The molecule has 0 aliphatic heterocycles. The first-order valence-corrected chi connectivity index (χ1v) is 15.2. The normalized spacial score (nSPS) is 12.1. The third-order valence-corrected chi connectivity index (χ3v) is 5.80. The molecule has 1 atom stereocenters. The maximum Gasteiger partial charge on any atom is 0.222 e. The predicted octanol–water partition coefficient (Wildman–Crippen LogP) is 1.77. The molecule has 0 aliphatic carbocycles. The van der Waals surface area contributed by atoms with Gasteiger partial charge in [0, 0.05) is 19.6 Å². The van der Waals surface area contributed by atoms with E-state index in [4.69, 9.17) is 37.9 Å². The number of unbranched alkanes of at least 4 members (excludes halogenated alkanes) is 2. The van der Waals surface area contributed by atoms with Gasteiger partial charge >= 0.3 is 0 Å². The van der Waals surface area contributed by atoms with Gasteiger partial charge in [-0.2, -0.15) is 0 Å². The van der Waals surface area contributed by atoms with Gasteiger partial charge in [-0.3, -0.25) is 9.59 Å². The lowest BCUT2D eigenvalue weighted by molar-refractivity contribution is -0.122. The molecular formula is C29H58N2O10. The Hall–Kier alpha value is -1.22. The lowest BCUT2D eigenvalue weighted by atomic mass is 10.1. The number of hydrogen-bond donors (Lipinski definition) is 2. The van der Waals surface area contributed by atoms with Gasteiger partial charge in [-0.15, -0.1) is 0 Å². The second-order valence-electron chi connectivity index (χ2n) is 9.30. The van der Waals surface area contributed by atoms with Crippen molar-refractivity contribution in [3.63, 3.8) is 0 Å². The third kappa shape index (κ3) is 31.5. The zero-order valence-electron chi connectivity index (χ0n) is 25.9. The van der Waals surface area contributed by atoms with Crippen LogP contribution in [0.3, 0.4) is 0 Å². The van der Waals surface area contributed by atoms with Crippen LogP contribution in [0.15, 0.2) is 0 Å². The summed E-state index contributed by atoms with van der Waals surface area (Å²) in [6.45, 7) is 12.7. The Kier molecular flexibility index (Phi) is 32.3. The van der Waals surface area contributed by atoms with Gasteiger partial charge < -0.3 is 48.5 Å². The molecule has 244 valence electrons. The monoisotopic (exact) mass is 594 g/mol. The molecule has 0 aliphatic rings. The summed E-state index contributed by atoms with van der Waals surface area (Å²) in [6, 6.07) is -0.0995. The largest absolute Gasteiger partial charge is 0.379 e. The van der Waals surface area contributed by atoms with Crippen LogP contribution < -0.4 is 10.6 Å². The number of rotatable bonds is 34. The van der Waals surface area contributed by atoms with Gasteiger partial charge in [0.25, 0.3) is 0 Å². The Morgan fingerprint density at radius 3 is 1.32 bits per heavy atom. The standard InChI is InChI=1S/C29H58N2O10/c1-4-5-11-34-13-15-36-17-19-38-21-23-40-25-26-41-24-22-39-20-18-37-16-14-35-12-9-29(33)31-10-7-6-8-28(30-3)27(2)32/h28,30H,4-26H2,1-3H3,(H,31,33). The van der Waals surface area contributed by atoms with E-state index in [2.05, 4.69) is 17.6 Å². The summed E-state index contributed by atoms with van der Waals surface area (Å²) in [6.07, 6.45) is 5.06. The van der Waals surface area contributed by atoms with E-state index in [1.54, 1.807) is 14.0 Å². The average Bonchev–Trinajstić information content (AvgIpc) is 2.96. The van der Waals surface area contributed by atoms with Crippen molar-refractivity contribution in [2.75, 3.05) is 119 Å². The SMILES string of the molecule is CCCCOCCOCCOCCOCCOCCOCCOCCOCCC(=O)NCCCCC(NC)C(C)=O. The fourth-order valence-electron chi connectivity index (χ4n) is 3.39. The Morgan fingerprint density at radius 1 is 0.561 bits per heavy atom. The third-order valence-electron chi connectivity index (χ3n) is 5.80. The molecule has 41 heavy (non-hydrogen) atoms. The molecule has 1 unspecified atom stereocenters. The second kappa shape index (κ2) is 33.3. The van der Waals surface area contributed by atoms with Gasteiger partial charge in [0.05, 0.1) is 105 Å². The van der Waals surface area contributed by atoms with Crippen molar-refractivity contribution in [2.45, 2.75) is 58.4 Å². The fraction of sp³-hybridized carbons (Fsp3) is 0.931. The van der Waals surface area contributed by atoms with E-state index in [-0.39, 0.29) is 17.7 Å². The molecule has 1 amide bonds. The molecule has 0 aromatic heterocycles. The van der Waals surface area contributed by atoms with E-state index in [0.29, 0.717) is 112 Å². The summed E-state index contributed by atoms with van der Waals surface area (Å²) in [4.78, 5) is 23.2. The molecule has 12 heteroatoms.